The van der Waals surface area contributed by atoms with Crippen LogP contribution in [0.5, 0.6) is 0 Å². The highest BCUT2D eigenvalue weighted by Crippen LogP contribution is 2.16. The Bertz CT molecular complexity index is 279. The topological polar surface area (TPSA) is 24.4 Å². The van der Waals surface area contributed by atoms with Gasteiger partial charge in [0.2, 0.25) is 0 Å². The van der Waals surface area contributed by atoms with Crippen LogP contribution in [-0.4, -0.2) is 24.0 Å². The molecule has 0 radical (unpaired) electrons. The fourth-order valence-corrected chi connectivity index (χ4v) is 3.84. The number of nitrogens with one attached hydrogen (secondary N) is 1. The quantitative estimate of drug-likeness (QED) is 0.444. The van der Waals surface area contributed by atoms with Crippen molar-refractivity contribution in [2.45, 2.75) is 90.9 Å². The predicted octanol–water partition coefficient (Wildman–Crippen LogP) is 6.02. The van der Waals surface area contributed by atoms with Crippen molar-refractivity contribution in [1.29, 1.82) is 0 Å². The van der Waals surface area contributed by atoms with Gasteiger partial charge in [0.25, 0.3) is 0 Å². The van der Waals surface area contributed by atoms with Gasteiger partial charge in [-0.25, -0.2) is 0 Å². The van der Waals surface area contributed by atoms with Gasteiger partial charge in [-0.1, -0.05) is 89.8 Å². The Morgan fingerprint density at radius 2 is 1.59 bits per heavy atom. The Labute approximate surface area is 143 Å². The van der Waals surface area contributed by atoms with Crippen LogP contribution in [0, 0.1) is 5.92 Å². The van der Waals surface area contributed by atoms with E-state index in [-0.39, 0.29) is 0 Å². The summed E-state index contributed by atoms with van der Waals surface area (Å²) in [5.41, 5.74) is 0. The van der Waals surface area contributed by atoms with Crippen molar-refractivity contribution >= 4 is 16.9 Å². The molecular formula is C19H38N2S. The zero-order valence-electron chi connectivity index (χ0n) is 15.0. The molecule has 0 saturated carbocycles. The normalized spacial score (nSPS) is 18.6. The van der Waals surface area contributed by atoms with Crippen LogP contribution in [0.25, 0.3) is 0 Å². The lowest BCUT2D eigenvalue weighted by Gasteiger charge is -2.07. The maximum absolute atomic E-state index is 4.73. The van der Waals surface area contributed by atoms with Gasteiger partial charge in [-0.05, 0) is 18.8 Å². The fraction of sp³-hybridized carbons (Fsp3) is 0.947. The van der Waals surface area contributed by atoms with E-state index in [1.165, 1.54) is 88.0 Å². The van der Waals surface area contributed by atoms with E-state index in [1.54, 1.807) is 0 Å². The van der Waals surface area contributed by atoms with Crippen molar-refractivity contribution < 1.29 is 0 Å². The van der Waals surface area contributed by atoms with E-state index >= 15 is 0 Å². The fourth-order valence-electron chi connectivity index (χ4n) is 2.93. The van der Waals surface area contributed by atoms with Gasteiger partial charge in [-0.15, -0.1) is 0 Å². The molecule has 1 heterocycles. The molecule has 0 spiro atoms. The smallest absolute Gasteiger partial charge is 0.156 e. The first-order valence-electron chi connectivity index (χ1n) is 9.78. The van der Waals surface area contributed by atoms with Crippen LogP contribution in [0.1, 0.15) is 90.9 Å². The lowest BCUT2D eigenvalue weighted by Crippen LogP contribution is -2.20. The molecule has 2 nitrogen and oxygen atoms in total. The Hall–Kier alpha value is -0.180. The van der Waals surface area contributed by atoms with Gasteiger partial charge >= 0.3 is 0 Å². The summed E-state index contributed by atoms with van der Waals surface area (Å²) in [6.45, 7) is 6.71. The average Bonchev–Trinajstić information content (AvgIpc) is 2.78. The molecule has 1 N–H and O–H groups in total. The molecule has 0 saturated heterocycles. The Balaban J connectivity index is 1.88. The van der Waals surface area contributed by atoms with Gasteiger partial charge < -0.3 is 5.32 Å². The van der Waals surface area contributed by atoms with Crippen molar-refractivity contribution in [3.05, 3.63) is 0 Å². The standard InChI is InChI=1S/C19H38N2S/c1-3-5-6-7-8-9-10-11-12-13-16-22-19-20-15-14-18(4-2)17-21-19/h18H,3-17H2,1-2H3,(H,20,21). The molecule has 0 fully saturated rings. The van der Waals surface area contributed by atoms with Crippen LogP contribution in [0.2, 0.25) is 0 Å². The minimum atomic E-state index is 0.794. The van der Waals surface area contributed by atoms with Crippen molar-refractivity contribution in [3.8, 4) is 0 Å². The summed E-state index contributed by atoms with van der Waals surface area (Å²) >= 11 is 1.94. The van der Waals surface area contributed by atoms with Gasteiger partial charge in [-0.3, -0.25) is 4.99 Å². The van der Waals surface area contributed by atoms with Gasteiger partial charge in [-0.2, -0.15) is 0 Å². The third-order valence-corrected chi connectivity index (χ3v) is 5.68. The number of aliphatic imine (C=N–C) groups is 1. The molecular weight excluding hydrogens is 288 g/mol. The zero-order valence-corrected chi connectivity index (χ0v) is 15.9. The largest absolute Gasteiger partial charge is 0.365 e. The summed E-state index contributed by atoms with van der Waals surface area (Å²) in [7, 11) is 0. The highest BCUT2D eigenvalue weighted by molar-refractivity contribution is 8.13. The molecule has 1 unspecified atom stereocenters. The highest BCUT2D eigenvalue weighted by atomic mass is 32.2. The molecule has 1 rings (SSSR count). The first-order valence-corrected chi connectivity index (χ1v) is 10.8. The van der Waals surface area contributed by atoms with E-state index in [0.717, 1.165) is 19.0 Å². The number of hydrogen-bond donors (Lipinski definition) is 1. The number of unbranched alkanes of at least 4 members (excludes halogenated alkanes) is 9. The summed E-state index contributed by atoms with van der Waals surface area (Å²) in [5, 5.41) is 4.70. The van der Waals surface area contributed by atoms with Crippen molar-refractivity contribution in [2.75, 3.05) is 18.8 Å². The third-order valence-electron chi connectivity index (χ3n) is 4.64. The van der Waals surface area contributed by atoms with Crippen LogP contribution < -0.4 is 5.32 Å². The lowest BCUT2D eigenvalue weighted by atomic mass is 10.0. The highest BCUT2D eigenvalue weighted by Gasteiger charge is 2.11. The maximum Gasteiger partial charge on any atom is 0.156 e. The number of thioether (sulfide) groups is 1. The summed E-state index contributed by atoms with van der Waals surface area (Å²) in [5.74, 6) is 2.03. The second-order valence-corrected chi connectivity index (χ2v) is 7.75. The zero-order chi connectivity index (χ0) is 15.9. The summed E-state index contributed by atoms with van der Waals surface area (Å²) in [6, 6.07) is 0. The second kappa shape index (κ2) is 14.4. The minimum Gasteiger partial charge on any atom is -0.365 e. The molecule has 22 heavy (non-hydrogen) atoms. The van der Waals surface area contributed by atoms with Crippen molar-refractivity contribution in [2.24, 2.45) is 10.9 Å². The lowest BCUT2D eigenvalue weighted by molar-refractivity contribution is 0.492. The molecule has 0 aromatic heterocycles. The number of hydrogen-bond acceptors (Lipinski definition) is 3. The van der Waals surface area contributed by atoms with Gasteiger partial charge in [0, 0.05) is 18.8 Å². The SMILES string of the molecule is CCCCCCCCCCCCSC1=NCC(CC)CCN1. The van der Waals surface area contributed by atoms with Crippen LogP contribution >= 0.6 is 11.8 Å². The maximum atomic E-state index is 4.73. The molecule has 0 aromatic carbocycles. The van der Waals surface area contributed by atoms with Gasteiger partial charge in [0.1, 0.15) is 0 Å². The number of rotatable bonds is 12. The van der Waals surface area contributed by atoms with E-state index in [1.807, 2.05) is 11.8 Å². The van der Waals surface area contributed by atoms with Crippen molar-refractivity contribution in [1.82, 2.24) is 5.32 Å². The predicted molar refractivity (Wildman–Crippen MR) is 103 cm³/mol. The van der Waals surface area contributed by atoms with Crippen LogP contribution in [0.4, 0.5) is 0 Å². The molecule has 1 aliphatic rings. The summed E-state index contributed by atoms with van der Waals surface area (Å²) < 4.78 is 0. The molecule has 0 aliphatic carbocycles. The first-order chi connectivity index (χ1) is 10.9. The van der Waals surface area contributed by atoms with Gasteiger partial charge in [0.05, 0.1) is 0 Å². The van der Waals surface area contributed by atoms with Gasteiger partial charge in [0.15, 0.2) is 5.17 Å². The molecule has 1 atom stereocenters. The van der Waals surface area contributed by atoms with E-state index in [2.05, 4.69) is 19.2 Å². The second-order valence-electron chi connectivity index (χ2n) is 6.67. The van der Waals surface area contributed by atoms with E-state index in [0.29, 0.717) is 0 Å². The van der Waals surface area contributed by atoms with Crippen LogP contribution in [0.3, 0.4) is 0 Å². The molecule has 0 aromatic rings. The first kappa shape index (κ1) is 19.9. The summed E-state index contributed by atoms with van der Waals surface area (Å²) in [4.78, 5) is 4.73. The molecule has 1 aliphatic heterocycles. The van der Waals surface area contributed by atoms with E-state index in [9.17, 15) is 0 Å². The molecule has 0 bridgehead atoms. The van der Waals surface area contributed by atoms with Crippen molar-refractivity contribution in [3.63, 3.8) is 0 Å². The number of amidine groups is 1. The average molecular weight is 327 g/mol. The molecule has 0 amide bonds. The molecule has 130 valence electrons. The summed E-state index contributed by atoms with van der Waals surface area (Å²) in [6.07, 6.45) is 16.7. The monoisotopic (exact) mass is 326 g/mol. The van der Waals surface area contributed by atoms with Crippen LogP contribution in [-0.2, 0) is 0 Å². The Kier molecular flexibility index (Phi) is 13.0. The molecule has 3 heteroatoms. The number of nitrogens with zero attached hydrogens (tertiary/aromatic N) is 1. The Morgan fingerprint density at radius 3 is 2.23 bits per heavy atom. The third kappa shape index (κ3) is 10.5. The van der Waals surface area contributed by atoms with E-state index in [4.69, 9.17) is 4.99 Å². The van der Waals surface area contributed by atoms with E-state index < -0.39 is 0 Å². The minimum absolute atomic E-state index is 0.794. The van der Waals surface area contributed by atoms with Crippen LogP contribution in [0.15, 0.2) is 4.99 Å². The Morgan fingerprint density at radius 1 is 0.955 bits per heavy atom.